The first-order valence-electron chi connectivity index (χ1n) is 6.12. The Morgan fingerprint density at radius 3 is 2.68 bits per heavy atom. The van der Waals surface area contributed by atoms with Gasteiger partial charge in [0.1, 0.15) is 0 Å². The van der Waals surface area contributed by atoms with Gasteiger partial charge in [0.15, 0.2) is 0 Å². The van der Waals surface area contributed by atoms with E-state index < -0.39 is 6.10 Å². The number of aliphatic hydroxyl groups is 1. The second-order valence-electron chi connectivity index (χ2n) is 4.53. The summed E-state index contributed by atoms with van der Waals surface area (Å²) in [6.07, 6.45) is 0.112. The molecule has 1 aromatic heterocycles. The molecular formula is C16H13ClOS. The molecule has 1 nitrogen and oxygen atoms in total. The third-order valence-electron chi connectivity index (χ3n) is 3.21. The fourth-order valence-electron chi connectivity index (χ4n) is 2.28. The van der Waals surface area contributed by atoms with Gasteiger partial charge in [0.25, 0.3) is 0 Å². The third kappa shape index (κ3) is 2.66. The van der Waals surface area contributed by atoms with Gasteiger partial charge in [-0.25, -0.2) is 0 Å². The van der Waals surface area contributed by atoms with Crippen molar-refractivity contribution in [1.29, 1.82) is 0 Å². The van der Waals surface area contributed by atoms with Crippen LogP contribution in [0, 0.1) is 0 Å². The molecule has 0 aliphatic carbocycles. The predicted molar refractivity (Wildman–Crippen MR) is 81.9 cm³/mol. The zero-order chi connectivity index (χ0) is 13.2. The van der Waals surface area contributed by atoms with Crippen LogP contribution in [-0.2, 0) is 6.42 Å². The smallest absolute Gasteiger partial charge is 0.0922 e. The van der Waals surface area contributed by atoms with Crippen LogP contribution in [0.15, 0.2) is 53.9 Å². The van der Waals surface area contributed by atoms with E-state index in [1.807, 2.05) is 29.6 Å². The van der Waals surface area contributed by atoms with Gasteiger partial charge in [-0.2, -0.15) is 0 Å². The average Bonchev–Trinajstić information content (AvgIpc) is 2.86. The van der Waals surface area contributed by atoms with Gasteiger partial charge < -0.3 is 5.11 Å². The summed E-state index contributed by atoms with van der Waals surface area (Å²) in [7, 11) is 0. The van der Waals surface area contributed by atoms with E-state index in [0.717, 1.165) is 10.4 Å². The summed E-state index contributed by atoms with van der Waals surface area (Å²) >= 11 is 7.40. The molecule has 0 saturated heterocycles. The average molecular weight is 289 g/mol. The molecule has 2 aromatic carbocycles. The van der Waals surface area contributed by atoms with E-state index in [2.05, 4.69) is 24.3 Å². The fourth-order valence-corrected chi connectivity index (χ4v) is 3.35. The third-order valence-corrected chi connectivity index (χ3v) is 4.59. The Hall–Kier alpha value is -1.35. The molecule has 1 atom stereocenters. The number of hydrogen-bond acceptors (Lipinski definition) is 2. The molecule has 0 amide bonds. The van der Waals surface area contributed by atoms with Crippen LogP contribution < -0.4 is 0 Å². The summed E-state index contributed by atoms with van der Waals surface area (Å²) in [5, 5.41) is 15.2. The van der Waals surface area contributed by atoms with Crippen LogP contribution in [0.1, 0.15) is 16.5 Å². The molecule has 0 aliphatic heterocycles. The molecular weight excluding hydrogens is 276 g/mol. The summed E-state index contributed by atoms with van der Waals surface area (Å²) in [6.45, 7) is 0. The Balaban J connectivity index is 1.93. The Morgan fingerprint density at radius 1 is 1.11 bits per heavy atom. The standard InChI is InChI=1S/C16H13ClOS/c17-13-9-16(19-10-13)15(18)8-12-6-3-5-11-4-1-2-7-14(11)12/h1-7,9-10,15,18H,8H2. The van der Waals surface area contributed by atoms with Gasteiger partial charge in [-0.1, -0.05) is 54.1 Å². The van der Waals surface area contributed by atoms with Crippen LogP contribution in [0.5, 0.6) is 0 Å². The van der Waals surface area contributed by atoms with Crippen molar-refractivity contribution in [2.75, 3.05) is 0 Å². The summed E-state index contributed by atoms with van der Waals surface area (Å²) in [5.41, 5.74) is 1.16. The molecule has 3 rings (SSSR count). The minimum Gasteiger partial charge on any atom is -0.387 e. The minimum absolute atomic E-state index is 0.497. The number of rotatable bonds is 3. The van der Waals surface area contributed by atoms with Crippen LogP contribution in [0.3, 0.4) is 0 Å². The highest BCUT2D eigenvalue weighted by Crippen LogP contribution is 2.29. The van der Waals surface area contributed by atoms with Crippen molar-refractivity contribution >= 4 is 33.7 Å². The summed E-state index contributed by atoms with van der Waals surface area (Å²) in [4.78, 5) is 0.915. The predicted octanol–water partition coefficient (Wildman–Crippen LogP) is 4.83. The molecule has 0 bridgehead atoms. The van der Waals surface area contributed by atoms with Gasteiger partial charge in [-0.3, -0.25) is 0 Å². The molecule has 1 heterocycles. The fraction of sp³-hybridized carbons (Fsp3) is 0.125. The van der Waals surface area contributed by atoms with E-state index >= 15 is 0 Å². The van der Waals surface area contributed by atoms with Crippen LogP contribution in [0.25, 0.3) is 10.8 Å². The van der Waals surface area contributed by atoms with E-state index in [1.165, 1.54) is 22.1 Å². The number of thiophene rings is 1. The minimum atomic E-state index is -0.497. The second kappa shape index (κ2) is 5.33. The molecule has 0 radical (unpaired) electrons. The molecule has 0 fully saturated rings. The maximum atomic E-state index is 10.3. The van der Waals surface area contributed by atoms with Gasteiger partial charge >= 0.3 is 0 Å². The highest BCUT2D eigenvalue weighted by atomic mass is 35.5. The SMILES string of the molecule is OC(Cc1cccc2ccccc12)c1cc(Cl)cs1. The topological polar surface area (TPSA) is 20.2 Å². The first kappa shape index (κ1) is 12.7. The van der Waals surface area contributed by atoms with Gasteiger partial charge in [-0.05, 0) is 22.4 Å². The van der Waals surface area contributed by atoms with Gasteiger partial charge in [-0.15, -0.1) is 11.3 Å². The van der Waals surface area contributed by atoms with Gasteiger partial charge in [0, 0.05) is 16.7 Å². The van der Waals surface area contributed by atoms with Crippen molar-refractivity contribution in [3.05, 3.63) is 69.4 Å². The van der Waals surface area contributed by atoms with Crippen LogP contribution in [0.4, 0.5) is 0 Å². The first-order chi connectivity index (χ1) is 9.24. The van der Waals surface area contributed by atoms with Crippen LogP contribution in [-0.4, -0.2) is 5.11 Å². The molecule has 3 aromatic rings. The number of aliphatic hydroxyl groups excluding tert-OH is 1. The normalized spacial score (nSPS) is 12.7. The zero-order valence-corrected chi connectivity index (χ0v) is 11.8. The monoisotopic (exact) mass is 288 g/mol. The highest BCUT2D eigenvalue weighted by Gasteiger charge is 2.12. The van der Waals surface area contributed by atoms with Crippen molar-refractivity contribution in [3.63, 3.8) is 0 Å². The first-order valence-corrected chi connectivity index (χ1v) is 7.38. The van der Waals surface area contributed by atoms with Crippen molar-refractivity contribution in [2.45, 2.75) is 12.5 Å². The van der Waals surface area contributed by atoms with Gasteiger partial charge in [0.05, 0.1) is 11.1 Å². The maximum Gasteiger partial charge on any atom is 0.0922 e. The van der Waals surface area contributed by atoms with Gasteiger partial charge in [0.2, 0.25) is 0 Å². The number of fused-ring (bicyclic) bond motifs is 1. The largest absolute Gasteiger partial charge is 0.387 e. The molecule has 3 heteroatoms. The summed E-state index contributed by atoms with van der Waals surface area (Å²) in [6, 6.07) is 16.3. The lowest BCUT2D eigenvalue weighted by Crippen LogP contribution is -2.00. The number of benzene rings is 2. The lowest BCUT2D eigenvalue weighted by atomic mass is 9.99. The van der Waals surface area contributed by atoms with Crippen molar-refractivity contribution < 1.29 is 5.11 Å². The van der Waals surface area contributed by atoms with E-state index in [4.69, 9.17) is 11.6 Å². The lowest BCUT2D eigenvalue weighted by molar-refractivity contribution is 0.182. The molecule has 0 spiro atoms. The molecule has 96 valence electrons. The zero-order valence-electron chi connectivity index (χ0n) is 10.2. The van der Waals surface area contributed by atoms with Crippen molar-refractivity contribution in [2.24, 2.45) is 0 Å². The van der Waals surface area contributed by atoms with E-state index in [-0.39, 0.29) is 0 Å². The van der Waals surface area contributed by atoms with E-state index in [0.29, 0.717) is 11.4 Å². The Labute approximate surface area is 121 Å². The molecule has 1 N–H and O–H groups in total. The molecule has 0 saturated carbocycles. The van der Waals surface area contributed by atoms with E-state index in [1.54, 1.807) is 0 Å². The molecule has 1 unspecified atom stereocenters. The summed E-state index contributed by atoms with van der Waals surface area (Å²) in [5.74, 6) is 0. The molecule has 0 aliphatic rings. The van der Waals surface area contributed by atoms with Crippen LogP contribution >= 0.6 is 22.9 Å². The Bertz CT molecular complexity index is 699. The Morgan fingerprint density at radius 2 is 1.89 bits per heavy atom. The summed E-state index contributed by atoms with van der Waals surface area (Å²) < 4.78 is 0. The van der Waals surface area contributed by atoms with Crippen LogP contribution in [0.2, 0.25) is 5.02 Å². The lowest BCUT2D eigenvalue weighted by Gasteiger charge is -2.11. The molecule has 19 heavy (non-hydrogen) atoms. The maximum absolute atomic E-state index is 10.3. The van der Waals surface area contributed by atoms with Crippen molar-refractivity contribution in [1.82, 2.24) is 0 Å². The highest BCUT2D eigenvalue weighted by molar-refractivity contribution is 7.10. The van der Waals surface area contributed by atoms with Crippen molar-refractivity contribution in [3.8, 4) is 0 Å². The Kier molecular flexibility index (Phi) is 3.56. The quantitative estimate of drug-likeness (QED) is 0.732. The second-order valence-corrected chi connectivity index (χ2v) is 5.90. The number of hydrogen-bond donors (Lipinski definition) is 1. The van der Waals surface area contributed by atoms with E-state index in [9.17, 15) is 5.11 Å². The number of halogens is 1.